The Bertz CT molecular complexity index is 792. The van der Waals surface area contributed by atoms with Gasteiger partial charge < -0.3 is 10.2 Å². The zero-order chi connectivity index (χ0) is 16.8. The number of nitrogens with zero attached hydrogens (tertiary/aromatic N) is 3. The SMILES string of the molecule is CCN(c1ccccc1)c1ccnc(NCc2ccccc2Cl)n1. The first-order valence-electron chi connectivity index (χ1n) is 7.91. The summed E-state index contributed by atoms with van der Waals surface area (Å²) in [7, 11) is 0. The van der Waals surface area contributed by atoms with E-state index in [-0.39, 0.29) is 0 Å². The summed E-state index contributed by atoms with van der Waals surface area (Å²) in [5.41, 5.74) is 2.12. The normalized spacial score (nSPS) is 10.4. The van der Waals surface area contributed by atoms with Crippen LogP contribution in [0.25, 0.3) is 0 Å². The van der Waals surface area contributed by atoms with E-state index >= 15 is 0 Å². The zero-order valence-corrected chi connectivity index (χ0v) is 14.2. The fourth-order valence-electron chi connectivity index (χ4n) is 2.49. The highest BCUT2D eigenvalue weighted by Crippen LogP contribution is 2.23. The Morgan fingerprint density at radius 2 is 1.75 bits per heavy atom. The summed E-state index contributed by atoms with van der Waals surface area (Å²) in [6.45, 7) is 3.51. The average Bonchev–Trinajstić information content (AvgIpc) is 2.63. The van der Waals surface area contributed by atoms with Gasteiger partial charge in [-0.05, 0) is 36.8 Å². The summed E-state index contributed by atoms with van der Waals surface area (Å²) in [5.74, 6) is 1.45. The van der Waals surface area contributed by atoms with E-state index in [4.69, 9.17) is 11.6 Å². The lowest BCUT2D eigenvalue weighted by atomic mass is 10.2. The second kappa shape index (κ2) is 7.79. The lowest BCUT2D eigenvalue weighted by Gasteiger charge is -2.22. The molecular formula is C19H19ClN4. The Balaban J connectivity index is 1.77. The minimum atomic E-state index is 0.584. The van der Waals surface area contributed by atoms with E-state index in [1.165, 1.54) is 0 Å². The van der Waals surface area contributed by atoms with E-state index in [1.807, 2.05) is 48.5 Å². The molecule has 122 valence electrons. The predicted octanol–water partition coefficient (Wildman–Crippen LogP) is 4.90. The van der Waals surface area contributed by atoms with Crippen LogP contribution in [0.2, 0.25) is 5.02 Å². The van der Waals surface area contributed by atoms with Gasteiger partial charge in [-0.2, -0.15) is 4.98 Å². The third kappa shape index (κ3) is 3.84. The van der Waals surface area contributed by atoms with Crippen LogP contribution in [0.5, 0.6) is 0 Å². The van der Waals surface area contributed by atoms with Crippen molar-refractivity contribution in [1.82, 2.24) is 9.97 Å². The highest BCUT2D eigenvalue weighted by atomic mass is 35.5. The Hall–Kier alpha value is -2.59. The number of para-hydroxylation sites is 1. The standard InChI is InChI=1S/C19H19ClN4/c1-2-24(16-9-4-3-5-10-16)18-12-13-21-19(23-18)22-14-15-8-6-7-11-17(15)20/h3-13H,2,14H2,1H3,(H,21,22,23). The molecule has 0 spiro atoms. The number of rotatable bonds is 6. The van der Waals surface area contributed by atoms with Crippen molar-refractivity contribution in [1.29, 1.82) is 0 Å². The van der Waals surface area contributed by atoms with Gasteiger partial charge in [0.25, 0.3) is 0 Å². The summed E-state index contributed by atoms with van der Waals surface area (Å²) < 4.78 is 0. The Morgan fingerprint density at radius 1 is 1.00 bits per heavy atom. The van der Waals surface area contributed by atoms with Crippen LogP contribution in [0.4, 0.5) is 17.5 Å². The molecule has 0 radical (unpaired) electrons. The van der Waals surface area contributed by atoms with Gasteiger partial charge >= 0.3 is 0 Å². The Labute approximate surface area is 147 Å². The van der Waals surface area contributed by atoms with Gasteiger partial charge in [0.05, 0.1) is 0 Å². The smallest absolute Gasteiger partial charge is 0.224 e. The van der Waals surface area contributed by atoms with Crippen LogP contribution in [0.15, 0.2) is 66.9 Å². The first-order chi connectivity index (χ1) is 11.8. The highest BCUT2D eigenvalue weighted by Gasteiger charge is 2.09. The molecule has 0 aliphatic rings. The zero-order valence-electron chi connectivity index (χ0n) is 13.5. The molecule has 0 amide bonds. The number of aromatic nitrogens is 2. The first kappa shape index (κ1) is 16.3. The van der Waals surface area contributed by atoms with Gasteiger partial charge in [-0.25, -0.2) is 4.98 Å². The maximum atomic E-state index is 6.19. The van der Waals surface area contributed by atoms with Gasteiger partial charge in [0.2, 0.25) is 5.95 Å². The molecular weight excluding hydrogens is 320 g/mol. The van der Waals surface area contributed by atoms with Crippen LogP contribution in [0.3, 0.4) is 0 Å². The second-order valence-corrected chi connectivity index (χ2v) is 5.67. The summed E-state index contributed by atoms with van der Waals surface area (Å²) in [6.07, 6.45) is 1.77. The average molecular weight is 339 g/mol. The van der Waals surface area contributed by atoms with Crippen LogP contribution < -0.4 is 10.2 Å². The van der Waals surface area contributed by atoms with Crippen molar-refractivity contribution in [3.05, 3.63) is 77.4 Å². The minimum absolute atomic E-state index is 0.584. The van der Waals surface area contributed by atoms with Crippen molar-refractivity contribution in [3.63, 3.8) is 0 Å². The minimum Gasteiger partial charge on any atom is -0.350 e. The van der Waals surface area contributed by atoms with Crippen LogP contribution in [0.1, 0.15) is 12.5 Å². The van der Waals surface area contributed by atoms with Gasteiger partial charge in [-0.3, -0.25) is 0 Å². The number of halogens is 1. The fraction of sp³-hybridized carbons (Fsp3) is 0.158. The van der Waals surface area contributed by atoms with Crippen molar-refractivity contribution in [2.45, 2.75) is 13.5 Å². The molecule has 4 nitrogen and oxygen atoms in total. The Morgan fingerprint density at radius 3 is 2.50 bits per heavy atom. The van der Waals surface area contributed by atoms with Crippen molar-refractivity contribution < 1.29 is 0 Å². The largest absolute Gasteiger partial charge is 0.350 e. The maximum Gasteiger partial charge on any atom is 0.224 e. The molecule has 0 aliphatic heterocycles. The third-order valence-corrected chi connectivity index (χ3v) is 4.07. The van der Waals surface area contributed by atoms with E-state index in [0.29, 0.717) is 12.5 Å². The van der Waals surface area contributed by atoms with E-state index in [2.05, 4.69) is 39.2 Å². The molecule has 0 atom stereocenters. The second-order valence-electron chi connectivity index (χ2n) is 5.26. The van der Waals surface area contributed by atoms with E-state index in [9.17, 15) is 0 Å². The van der Waals surface area contributed by atoms with Gasteiger partial charge in [-0.1, -0.05) is 48.0 Å². The summed E-state index contributed by atoms with van der Waals surface area (Å²) >= 11 is 6.19. The number of benzene rings is 2. The lowest BCUT2D eigenvalue weighted by Crippen LogP contribution is -2.18. The number of hydrogen-bond acceptors (Lipinski definition) is 4. The highest BCUT2D eigenvalue weighted by molar-refractivity contribution is 6.31. The molecule has 0 bridgehead atoms. The van der Waals surface area contributed by atoms with Crippen molar-refractivity contribution in [2.24, 2.45) is 0 Å². The molecule has 0 saturated carbocycles. The molecule has 1 N–H and O–H groups in total. The van der Waals surface area contributed by atoms with Gasteiger partial charge in [-0.15, -0.1) is 0 Å². The van der Waals surface area contributed by atoms with E-state index in [1.54, 1.807) is 6.20 Å². The molecule has 3 rings (SSSR count). The topological polar surface area (TPSA) is 41.1 Å². The van der Waals surface area contributed by atoms with E-state index < -0.39 is 0 Å². The molecule has 0 unspecified atom stereocenters. The molecule has 0 fully saturated rings. The molecule has 1 heterocycles. The lowest BCUT2D eigenvalue weighted by molar-refractivity contribution is 0.966. The van der Waals surface area contributed by atoms with E-state index in [0.717, 1.165) is 28.6 Å². The molecule has 2 aromatic carbocycles. The maximum absolute atomic E-state index is 6.19. The first-order valence-corrected chi connectivity index (χ1v) is 8.28. The Kier molecular flexibility index (Phi) is 5.29. The third-order valence-electron chi connectivity index (χ3n) is 3.70. The fourth-order valence-corrected chi connectivity index (χ4v) is 2.69. The summed E-state index contributed by atoms with van der Waals surface area (Å²) in [6, 6.07) is 19.9. The molecule has 1 aromatic heterocycles. The number of nitrogens with one attached hydrogen (secondary N) is 1. The van der Waals surface area contributed by atoms with Gasteiger partial charge in [0.1, 0.15) is 5.82 Å². The van der Waals surface area contributed by atoms with Crippen LogP contribution in [0, 0.1) is 0 Å². The van der Waals surface area contributed by atoms with Crippen molar-refractivity contribution in [3.8, 4) is 0 Å². The van der Waals surface area contributed by atoms with Crippen LogP contribution >= 0.6 is 11.6 Å². The van der Waals surface area contributed by atoms with Crippen molar-refractivity contribution in [2.75, 3.05) is 16.8 Å². The van der Waals surface area contributed by atoms with Crippen molar-refractivity contribution >= 4 is 29.1 Å². The molecule has 24 heavy (non-hydrogen) atoms. The number of hydrogen-bond donors (Lipinski definition) is 1. The number of anilines is 3. The monoisotopic (exact) mass is 338 g/mol. The van der Waals surface area contributed by atoms with Crippen LogP contribution in [-0.2, 0) is 6.54 Å². The summed E-state index contributed by atoms with van der Waals surface area (Å²) in [4.78, 5) is 11.1. The molecule has 3 aromatic rings. The van der Waals surface area contributed by atoms with Gasteiger partial charge in [0, 0.05) is 30.0 Å². The quantitative estimate of drug-likeness (QED) is 0.694. The molecule has 0 saturated heterocycles. The van der Waals surface area contributed by atoms with Crippen LogP contribution in [-0.4, -0.2) is 16.5 Å². The molecule has 0 aliphatic carbocycles. The predicted molar refractivity (Wildman–Crippen MR) is 99.9 cm³/mol. The summed E-state index contributed by atoms with van der Waals surface area (Å²) in [5, 5.41) is 3.98. The molecule has 5 heteroatoms. The van der Waals surface area contributed by atoms with Gasteiger partial charge in [0.15, 0.2) is 0 Å².